The summed E-state index contributed by atoms with van der Waals surface area (Å²) in [5, 5.41) is 0. The van der Waals surface area contributed by atoms with E-state index >= 15 is 0 Å². The van der Waals surface area contributed by atoms with Gasteiger partial charge in [-0.2, -0.15) is 0 Å². The molecule has 0 atom stereocenters. The molecule has 0 radical (unpaired) electrons. The van der Waals surface area contributed by atoms with Crippen LogP contribution in [0.2, 0.25) is 0 Å². The minimum atomic E-state index is -0.614. The van der Waals surface area contributed by atoms with Crippen LogP contribution in [0.15, 0.2) is 18.5 Å². The number of cyclic esters (lactones) is 1. The van der Waals surface area contributed by atoms with Gasteiger partial charge in [0.15, 0.2) is 0 Å². The molecule has 17 heavy (non-hydrogen) atoms. The zero-order chi connectivity index (χ0) is 12.3. The summed E-state index contributed by atoms with van der Waals surface area (Å²) in [5.41, 5.74) is 0.315. The molecule has 1 aliphatic rings. The van der Waals surface area contributed by atoms with Crippen molar-refractivity contribution in [3.8, 4) is 5.75 Å². The molecule has 0 aromatic carbocycles. The zero-order valence-electron chi connectivity index (χ0n) is 9.38. The van der Waals surface area contributed by atoms with Gasteiger partial charge in [-0.25, -0.2) is 9.69 Å². The predicted octanol–water partition coefficient (Wildman–Crippen LogP) is 1.07. The molecule has 1 aromatic rings. The molecular formula is C11H12N2O4. The Kier molecular flexibility index (Phi) is 3.22. The first-order chi connectivity index (χ1) is 8.22. The van der Waals surface area contributed by atoms with Crippen molar-refractivity contribution in [2.75, 3.05) is 19.8 Å². The summed E-state index contributed by atoms with van der Waals surface area (Å²) in [7, 11) is 0. The van der Waals surface area contributed by atoms with Crippen LogP contribution in [0.5, 0.6) is 5.75 Å². The van der Waals surface area contributed by atoms with Crippen LogP contribution in [0.25, 0.3) is 0 Å². The Morgan fingerprint density at radius 3 is 3.06 bits per heavy atom. The minimum absolute atomic E-state index is 0.239. The lowest BCUT2D eigenvalue weighted by Gasteiger charge is -2.11. The second kappa shape index (κ2) is 4.82. The summed E-state index contributed by atoms with van der Waals surface area (Å²) in [4.78, 5) is 28.1. The minimum Gasteiger partial charge on any atom is -0.492 e. The highest BCUT2D eigenvalue weighted by Gasteiger charge is 2.29. The van der Waals surface area contributed by atoms with Gasteiger partial charge in [0.25, 0.3) is 5.91 Å². The average Bonchev–Trinajstić information content (AvgIpc) is 2.75. The van der Waals surface area contributed by atoms with Crippen molar-refractivity contribution in [1.29, 1.82) is 0 Å². The average molecular weight is 236 g/mol. The first-order valence-corrected chi connectivity index (χ1v) is 5.29. The summed E-state index contributed by atoms with van der Waals surface area (Å²) in [6, 6.07) is 1.56. The fourth-order valence-corrected chi connectivity index (χ4v) is 1.52. The van der Waals surface area contributed by atoms with Crippen LogP contribution in [-0.2, 0) is 4.74 Å². The predicted molar refractivity (Wildman–Crippen MR) is 57.8 cm³/mol. The Balaban J connectivity index is 2.18. The normalized spacial score (nSPS) is 14.6. The first-order valence-electron chi connectivity index (χ1n) is 5.29. The van der Waals surface area contributed by atoms with E-state index in [0.29, 0.717) is 17.9 Å². The van der Waals surface area contributed by atoms with Crippen molar-refractivity contribution in [3.05, 3.63) is 24.0 Å². The van der Waals surface area contributed by atoms with E-state index in [4.69, 9.17) is 9.47 Å². The monoisotopic (exact) mass is 236 g/mol. The highest BCUT2D eigenvalue weighted by Crippen LogP contribution is 2.15. The molecule has 0 aliphatic carbocycles. The van der Waals surface area contributed by atoms with Crippen molar-refractivity contribution in [2.24, 2.45) is 0 Å². The van der Waals surface area contributed by atoms with Crippen LogP contribution in [0.4, 0.5) is 4.79 Å². The van der Waals surface area contributed by atoms with E-state index in [1.165, 1.54) is 12.4 Å². The molecule has 6 nitrogen and oxygen atoms in total. The smallest absolute Gasteiger partial charge is 0.416 e. The molecule has 0 unspecified atom stereocenters. The number of imide groups is 1. The molecule has 1 aromatic heterocycles. The van der Waals surface area contributed by atoms with Gasteiger partial charge in [0.05, 0.1) is 24.9 Å². The maximum absolute atomic E-state index is 11.9. The lowest BCUT2D eigenvalue weighted by atomic mass is 10.2. The first kappa shape index (κ1) is 11.4. The molecule has 2 amide bonds. The highest BCUT2D eigenvalue weighted by atomic mass is 16.6. The van der Waals surface area contributed by atoms with E-state index in [1.54, 1.807) is 6.07 Å². The van der Waals surface area contributed by atoms with Crippen LogP contribution >= 0.6 is 0 Å². The third-order valence-electron chi connectivity index (χ3n) is 2.28. The van der Waals surface area contributed by atoms with Gasteiger partial charge in [-0.1, -0.05) is 0 Å². The highest BCUT2D eigenvalue weighted by molar-refractivity contribution is 6.03. The number of carbonyl (C=O) groups is 2. The topological polar surface area (TPSA) is 68.7 Å². The lowest BCUT2D eigenvalue weighted by Crippen LogP contribution is -2.31. The van der Waals surface area contributed by atoms with Crippen LogP contribution in [-0.4, -0.2) is 41.6 Å². The molecule has 0 spiro atoms. The largest absolute Gasteiger partial charge is 0.492 e. The molecule has 0 bridgehead atoms. The number of pyridine rings is 1. The maximum Gasteiger partial charge on any atom is 0.416 e. The van der Waals surface area contributed by atoms with E-state index in [0.717, 1.165) is 4.90 Å². The van der Waals surface area contributed by atoms with Crippen molar-refractivity contribution in [1.82, 2.24) is 9.88 Å². The van der Waals surface area contributed by atoms with E-state index in [-0.39, 0.29) is 13.2 Å². The van der Waals surface area contributed by atoms with Gasteiger partial charge in [0.2, 0.25) is 0 Å². The van der Waals surface area contributed by atoms with Gasteiger partial charge in [0, 0.05) is 6.20 Å². The molecular weight excluding hydrogens is 224 g/mol. The lowest BCUT2D eigenvalue weighted by molar-refractivity contribution is 0.0809. The van der Waals surface area contributed by atoms with Gasteiger partial charge in [0.1, 0.15) is 12.4 Å². The fourth-order valence-electron chi connectivity index (χ4n) is 1.52. The van der Waals surface area contributed by atoms with Crippen molar-refractivity contribution >= 4 is 12.0 Å². The molecule has 2 rings (SSSR count). The van der Waals surface area contributed by atoms with Gasteiger partial charge in [-0.15, -0.1) is 0 Å². The molecule has 0 saturated carbocycles. The Bertz CT molecular complexity index is 447. The van der Waals surface area contributed by atoms with Gasteiger partial charge in [-0.3, -0.25) is 9.78 Å². The summed E-state index contributed by atoms with van der Waals surface area (Å²) < 4.78 is 9.94. The number of hydrogen-bond donors (Lipinski definition) is 0. The Morgan fingerprint density at radius 1 is 1.59 bits per heavy atom. The fraction of sp³-hybridized carbons (Fsp3) is 0.364. The summed E-state index contributed by atoms with van der Waals surface area (Å²) >= 11 is 0. The van der Waals surface area contributed by atoms with Crippen LogP contribution in [0.1, 0.15) is 17.3 Å². The number of amides is 2. The van der Waals surface area contributed by atoms with Gasteiger partial charge >= 0.3 is 6.09 Å². The van der Waals surface area contributed by atoms with Crippen LogP contribution < -0.4 is 4.74 Å². The van der Waals surface area contributed by atoms with E-state index in [2.05, 4.69) is 4.98 Å². The van der Waals surface area contributed by atoms with E-state index in [9.17, 15) is 9.59 Å². The second-order valence-corrected chi connectivity index (χ2v) is 3.41. The van der Waals surface area contributed by atoms with Crippen LogP contribution in [0.3, 0.4) is 0 Å². The molecule has 1 saturated heterocycles. The van der Waals surface area contributed by atoms with Crippen LogP contribution in [0, 0.1) is 0 Å². The number of aromatic nitrogens is 1. The standard InChI is InChI=1S/C11H12N2O4/c1-2-16-9-5-8(6-12-7-9)10(14)13-3-4-17-11(13)15/h5-7H,2-4H2,1H3. The molecule has 6 heteroatoms. The quantitative estimate of drug-likeness (QED) is 0.785. The van der Waals surface area contributed by atoms with Gasteiger partial charge < -0.3 is 9.47 Å². The number of rotatable bonds is 3. The third kappa shape index (κ3) is 2.35. The molecule has 1 aliphatic heterocycles. The summed E-state index contributed by atoms with van der Waals surface area (Å²) in [5.74, 6) is 0.0902. The number of carbonyl (C=O) groups excluding carboxylic acids is 2. The second-order valence-electron chi connectivity index (χ2n) is 3.41. The molecule has 1 fully saturated rings. The Hall–Kier alpha value is -2.11. The SMILES string of the molecule is CCOc1cncc(C(=O)N2CCOC2=O)c1. The number of hydrogen-bond acceptors (Lipinski definition) is 5. The van der Waals surface area contributed by atoms with Crippen molar-refractivity contribution < 1.29 is 19.1 Å². The van der Waals surface area contributed by atoms with Crippen molar-refractivity contribution in [2.45, 2.75) is 6.92 Å². The molecule has 2 heterocycles. The van der Waals surface area contributed by atoms with E-state index in [1.807, 2.05) is 6.92 Å². The third-order valence-corrected chi connectivity index (χ3v) is 2.28. The Labute approximate surface area is 98.1 Å². The van der Waals surface area contributed by atoms with Gasteiger partial charge in [-0.05, 0) is 13.0 Å². The zero-order valence-corrected chi connectivity index (χ0v) is 9.38. The molecule has 90 valence electrons. The Morgan fingerprint density at radius 2 is 2.41 bits per heavy atom. The maximum atomic E-state index is 11.9. The number of nitrogens with zero attached hydrogens (tertiary/aromatic N) is 2. The van der Waals surface area contributed by atoms with E-state index < -0.39 is 12.0 Å². The number of ether oxygens (including phenoxy) is 2. The van der Waals surface area contributed by atoms with Crippen molar-refractivity contribution in [3.63, 3.8) is 0 Å². The molecule has 0 N–H and O–H groups in total. The summed E-state index contributed by atoms with van der Waals surface area (Å²) in [6.45, 7) is 2.84. The summed E-state index contributed by atoms with van der Waals surface area (Å²) in [6.07, 6.45) is 2.30.